The van der Waals surface area contributed by atoms with Crippen LogP contribution in [0.5, 0.6) is 0 Å². The van der Waals surface area contributed by atoms with Crippen LogP contribution in [0.2, 0.25) is 0 Å². The van der Waals surface area contributed by atoms with Crippen LogP contribution in [0.1, 0.15) is 68.4 Å². The summed E-state index contributed by atoms with van der Waals surface area (Å²) in [6.07, 6.45) is 0. The number of carbonyl (C=O) groups is 2. The Hall–Kier alpha value is -6.10. The highest BCUT2D eigenvalue weighted by Crippen LogP contribution is 2.48. The zero-order chi connectivity index (χ0) is 45.5. The lowest BCUT2D eigenvalue weighted by molar-refractivity contribution is 0.0678. The lowest BCUT2D eigenvalue weighted by Crippen LogP contribution is -2.46. The van der Waals surface area contributed by atoms with E-state index in [4.69, 9.17) is 17.7 Å². The smallest absolute Gasteiger partial charge is 0.477 e. The van der Waals surface area contributed by atoms with Gasteiger partial charge in [0.25, 0.3) is 0 Å². The highest BCUT2D eigenvalue weighted by atomic mass is 32.2. The number of halogens is 2. The van der Waals surface area contributed by atoms with E-state index >= 15 is 8.78 Å². The third kappa shape index (κ3) is 7.50. The molecular formula is C42H40F2N6O12S2. The lowest BCUT2D eigenvalue weighted by Gasteiger charge is -2.37. The molecule has 336 valence electrons. The minimum absolute atomic E-state index is 0.0470. The molecule has 2 atom stereocenters. The van der Waals surface area contributed by atoms with Crippen LogP contribution in [0.3, 0.4) is 0 Å². The largest absolute Gasteiger partial charge is 0.519 e. The molecule has 4 aromatic heterocycles. The summed E-state index contributed by atoms with van der Waals surface area (Å²) in [5.41, 5.74) is -0.0958. The monoisotopic (exact) mass is 922 g/mol. The molecule has 18 nitrogen and oxygen atoms in total. The van der Waals surface area contributed by atoms with Crippen molar-refractivity contribution in [3.63, 3.8) is 0 Å². The van der Waals surface area contributed by atoms with Crippen LogP contribution >= 0.6 is 23.5 Å². The number of aryl methyl sites for hydroxylation is 2. The SMILES string of the molecule is Cc1oc(=O)oc1CN1CCN(c2cc3c(cc2F)c(=O)c(C(=O)O)c2n3C(C)S2)CC1.Cc1oc(=O)oc1CN1CCN(c2cc3c(cc2F)c(=O)c(C(=O)O)c2n3[C@@H](C)S2)CC1. The normalized spacial score (nSPS) is 18.6. The predicted molar refractivity (Wildman–Crippen MR) is 230 cm³/mol. The van der Waals surface area contributed by atoms with Crippen molar-refractivity contribution in [1.29, 1.82) is 0 Å². The molecule has 8 heterocycles. The molecule has 0 saturated carbocycles. The highest BCUT2D eigenvalue weighted by molar-refractivity contribution is 8.00. The van der Waals surface area contributed by atoms with Crippen LogP contribution in [0.15, 0.2) is 71.2 Å². The number of fused-ring (bicyclic) bond motifs is 6. The average Bonchev–Trinajstić information content (AvgIpc) is 3.73. The molecule has 4 aliphatic heterocycles. The molecular weight excluding hydrogens is 883 g/mol. The molecule has 0 spiro atoms. The summed E-state index contributed by atoms with van der Waals surface area (Å²) in [4.78, 5) is 79.1. The fourth-order valence-corrected chi connectivity index (χ4v) is 11.0. The number of nitrogens with zero attached hydrogens (tertiary/aromatic N) is 6. The molecule has 22 heteroatoms. The summed E-state index contributed by atoms with van der Waals surface area (Å²) >= 11 is 2.63. The van der Waals surface area contributed by atoms with Gasteiger partial charge in [-0.05, 0) is 52.0 Å². The molecule has 4 aliphatic rings. The maximum atomic E-state index is 15.0. The van der Waals surface area contributed by atoms with E-state index in [1.165, 1.54) is 23.5 Å². The Bertz CT molecular complexity index is 2950. The number of carboxylic acid groups (broad SMARTS) is 2. The van der Waals surface area contributed by atoms with Crippen molar-refractivity contribution < 1.29 is 46.3 Å². The maximum Gasteiger partial charge on any atom is 0.519 e. The van der Waals surface area contributed by atoms with Gasteiger partial charge in [-0.3, -0.25) is 19.4 Å². The zero-order valence-corrected chi connectivity index (χ0v) is 36.4. The Balaban J connectivity index is 0.000000162. The Kier molecular flexibility index (Phi) is 11.1. The van der Waals surface area contributed by atoms with Crippen molar-refractivity contribution in [1.82, 2.24) is 18.9 Å². The second-order valence-corrected chi connectivity index (χ2v) is 18.4. The number of aromatic carboxylic acids is 2. The second kappa shape index (κ2) is 16.5. The van der Waals surface area contributed by atoms with Gasteiger partial charge in [-0.2, -0.15) is 0 Å². The summed E-state index contributed by atoms with van der Waals surface area (Å²) < 4.78 is 53.6. The number of aromatic nitrogens is 2. The third-order valence-electron chi connectivity index (χ3n) is 12.0. The lowest BCUT2D eigenvalue weighted by atomic mass is 10.1. The van der Waals surface area contributed by atoms with Gasteiger partial charge in [-0.25, -0.2) is 28.0 Å². The van der Waals surface area contributed by atoms with E-state index in [0.29, 0.717) is 121 Å². The van der Waals surface area contributed by atoms with Crippen LogP contribution in [0.4, 0.5) is 20.2 Å². The van der Waals surface area contributed by atoms with Crippen LogP contribution in [-0.4, -0.2) is 93.4 Å². The first kappa shape index (κ1) is 43.2. The number of hydrogen-bond donors (Lipinski definition) is 2. The van der Waals surface area contributed by atoms with Gasteiger partial charge in [0.2, 0.25) is 10.9 Å². The molecule has 0 amide bonds. The molecule has 2 aromatic carbocycles. The first-order valence-corrected chi connectivity index (χ1v) is 22.0. The fraction of sp³-hybridized carbons (Fsp3) is 0.381. The molecule has 2 fully saturated rings. The van der Waals surface area contributed by atoms with E-state index < -0.39 is 46.1 Å². The minimum Gasteiger partial charge on any atom is -0.477 e. The Labute approximate surface area is 368 Å². The van der Waals surface area contributed by atoms with Crippen molar-refractivity contribution in [3.05, 3.63) is 112 Å². The summed E-state index contributed by atoms with van der Waals surface area (Å²) in [5, 5.41) is 19.8. The average molecular weight is 923 g/mol. The number of carboxylic acids is 2. The predicted octanol–water partition coefficient (Wildman–Crippen LogP) is 5.28. The standard InChI is InChI=1S/2C21H20FN3O6S/c2*1-10-16(31-21(29)30-10)9-23-3-5-24(6-4-23)15-8-14-12(7-13(15)22)18(26)17(20(27)28)19-25(14)11(2)32-19/h2*7-8,11H,3-6,9H2,1-2H3,(H,27,28)/t11-;/m1./s1. The quantitative estimate of drug-likeness (QED) is 0.198. The molecule has 6 aromatic rings. The summed E-state index contributed by atoms with van der Waals surface area (Å²) in [6.45, 7) is 12.7. The number of rotatable bonds is 8. The van der Waals surface area contributed by atoms with Gasteiger partial charge >= 0.3 is 23.6 Å². The summed E-state index contributed by atoms with van der Waals surface area (Å²) in [6, 6.07) is 5.59. The van der Waals surface area contributed by atoms with Gasteiger partial charge in [0.05, 0.1) is 56.3 Å². The van der Waals surface area contributed by atoms with E-state index in [9.17, 15) is 39.0 Å². The third-order valence-corrected chi connectivity index (χ3v) is 14.4. The molecule has 2 N–H and O–H groups in total. The van der Waals surface area contributed by atoms with Crippen molar-refractivity contribution in [2.45, 2.75) is 61.6 Å². The van der Waals surface area contributed by atoms with Crippen LogP contribution in [-0.2, 0) is 13.1 Å². The summed E-state index contributed by atoms with van der Waals surface area (Å²) in [7, 11) is 0. The molecule has 2 saturated heterocycles. The van der Waals surface area contributed by atoms with Gasteiger partial charge in [0, 0.05) is 63.1 Å². The first-order chi connectivity index (χ1) is 30.5. The molecule has 0 aliphatic carbocycles. The van der Waals surface area contributed by atoms with Gasteiger partial charge in [0.15, 0.2) is 11.5 Å². The Morgan fingerprint density at radius 1 is 0.609 bits per heavy atom. The molecule has 0 radical (unpaired) electrons. The first-order valence-electron chi connectivity index (χ1n) is 20.3. The van der Waals surface area contributed by atoms with E-state index in [0.717, 1.165) is 12.1 Å². The topological polar surface area (TPSA) is 218 Å². The highest BCUT2D eigenvalue weighted by Gasteiger charge is 2.35. The minimum atomic E-state index is -1.30. The summed E-state index contributed by atoms with van der Waals surface area (Å²) in [5.74, 6) is -3.29. The number of pyridine rings is 2. The van der Waals surface area contributed by atoms with E-state index in [2.05, 4.69) is 9.80 Å². The van der Waals surface area contributed by atoms with Crippen LogP contribution in [0, 0.1) is 25.5 Å². The van der Waals surface area contributed by atoms with E-state index in [1.807, 2.05) is 23.6 Å². The van der Waals surface area contributed by atoms with Crippen molar-refractivity contribution in [2.75, 3.05) is 62.2 Å². The Morgan fingerprint density at radius 3 is 1.27 bits per heavy atom. The van der Waals surface area contributed by atoms with Gasteiger partial charge in [-0.1, -0.05) is 23.5 Å². The number of piperazine rings is 2. The number of benzene rings is 2. The van der Waals surface area contributed by atoms with Crippen molar-refractivity contribution in [2.24, 2.45) is 0 Å². The van der Waals surface area contributed by atoms with Gasteiger partial charge in [-0.15, -0.1) is 0 Å². The van der Waals surface area contributed by atoms with Gasteiger partial charge < -0.3 is 46.8 Å². The fourth-order valence-electron chi connectivity index (χ4n) is 8.67. The van der Waals surface area contributed by atoms with Gasteiger partial charge in [0.1, 0.15) is 34.3 Å². The molecule has 10 rings (SSSR count). The van der Waals surface area contributed by atoms with Crippen LogP contribution < -0.4 is 32.3 Å². The number of hydrogen-bond acceptors (Lipinski definition) is 16. The van der Waals surface area contributed by atoms with Crippen molar-refractivity contribution >= 4 is 68.6 Å². The number of anilines is 2. The maximum absolute atomic E-state index is 15.0. The van der Waals surface area contributed by atoms with Crippen molar-refractivity contribution in [3.8, 4) is 0 Å². The van der Waals surface area contributed by atoms with E-state index in [1.54, 1.807) is 35.1 Å². The Morgan fingerprint density at radius 2 is 0.969 bits per heavy atom. The number of thioether (sulfide) groups is 2. The second-order valence-electron chi connectivity index (χ2n) is 15.8. The molecule has 64 heavy (non-hydrogen) atoms. The zero-order valence-electron chi connectivity index (χ0n) is 34.8. The molecule has 1 unspecified atom stereocenters. The molecule has 0 bridgehead atoms. The van der Waals surface area contributed by atoms with Crippen LogP contribution in [0.25, 0.3) is 21.8 Å². The van der Waals surface area contributed by atoms with E-state index in [-0.39, 0.29) is 32.6 Å².